The van der Waals surface area contributed by atoms with Gasteiger partial charge in [0.15, 0.2) is 5.69 Å². The van der Waals surface area contributed by atoms with E-state index in [0.717, 1.165) is 0 Å². The topological polar surface area (TPSA) is 116 Å². The Labute approximate surface area is 147 Å². The van der Waals surface area contributed by atoms with Crippen molar-refractivity contribution in [1.82, 2.24) is 19.7 Å². The van der Waals surface area contributed by atoms with Crippen LogP contribution in [0.4, 0.5) is 5.69 Å². The first kappa shape index (κ1) is 16.6. The van der Waals surface area contributed by atoms with Gasteiger partial charge in [-0.1, -0.05) is 11.6 Å². The van der Waals surface area contributed by atoms with Crippen LogP contribution in [0.2, 0.25) is 5.02 Å². The van der Waals surface area contributed by atoms with Crippen LogP contribution in [0.15, 0.2) is 42.7 Å². The highest BCUT2D eigenvalue weighted by molar-refractivity contribution is 6.33. The summed E-state index contributed by atoms with van der Waals surface area (Å²) in [5.41, 5.74) is 6.73. The fraction of sp³-hybridized carbons (Fsp3) is 0.0625. The highest BCUT2D eigenvalue weighted by atomic mass is 35.5. The number of aryl methyl sites for hydroxylation is 1. The first-order valence-electron chi connectivity index (χ1n) is 7.20. The molecule has 0 atom stereocenters. The first-order chi connectivity index (χ1) is 11.9. The number of nitrogens with zero attached hydrogens (tertiary/aromatic N) is 4. The molecule has 9 heteroatoms. The molecule has 0 spiro atoms. The normalized spacial score (nSPS) is 10.5. The largest absolute Gasteiger partial charge is 0.364 e. The number of amides is 2. The maximum Gasteiger partial charge on any atom is 0.275 e. The minimum Gasteiger partial charge on any atom is -0.364 e. The van der Waals surface area contributed by atoms with Crippen LogP contribution in [-0.4, -0.2) is 31.6 Å². The molecule has 0 radical (unpaired) electrons. The molecule has 0 aliphatic carbocycles. The van der Waals surface area contributed by atoms with Gasteiger partial charge in [0.2, 0.25) is 0 Å². The summed E-state index contributed by atoms with van der Waals surface area (Å²) in [6.07, 6.45) is 3.01. The van der Waals surface area contributed by atoms with Crippen molar-refractivity contribution in [2.45, 2.75) is 6.92 Å². The Kier molecular flexibility index (Phi) is 4.44. The number of anilines is 1. The van der Waals surface area contributed by atoms with Gasteiger partial charge in [-0.05, 0) is 37.3 Å². The van der Waals surface area contributed by atoms with Gasteiger partial charge in [-0.3, -0.25) is 9.59 Å². The molecule has 0 fully saturated rings. The standard InChI is InChI=1S/C16H13ClN6O2/c1-9-19-8-12(17)14(20-9)16(25)21-10-2-4-11(5-3-10)23-7-6-13(22-23)15(18)24/h2-8H,1H3,(H2,18,24)(H,21,25). The third-order valence-corrected chi connectivity index (χ3v) is 3.59. The second kappa shape index (κ2) is 6.70. The van der Waals surface area contributed by atoms with Crippen LogP contribution in [0.3, 0.4) is 0 Å². The van der Waals surface area contributed by atoms with Crippen LogP contribution < -0.4 is 11.1 Å². The molecule has 3 aromatic rings. The maximum absolute atomic E-state index is 12.3. The molecule has 3 N–H and O–H groups in total. The van der Waals surface area contributed by atoms with Gasteiger partial charge < -0.3 is 11.1 Å². The quantitative estimate of drug-likeness (QED) is 0.741. The molecule has 2 amide bonds. The zero-order valence-corrected chi connectivity index (χ0v) is 13.9. The fourth-order valence-electron chi connectivity index (χ4n) is 2.10. The van der Waals surface area contributed by atoms with Crippen molar-refractivity contribution < 1.29 is 9.59 Å². The molecular formula is C16H13ClN6O2. The summed E-state index contributed by atoms with van der Waals surface area (Å²) in [7, 11) is 0. The molecular weight excluding hydrogens is 344 g/mol. The predicted octanol–water partition coefficient (Wildman–Crippen LogP) is 1.98. The second-order valence-electron chi connectivity index (χ2n) is 5.12. The van der Waals surface area contributed by atoms with Gasteiger partial charge in [-0.2, -0.15) is 5.10 Å². The Bertz CT molecular complexity index is 952. The molecule has 0 saturated carbocycles. The van der Waals surface area contributed by atoms with Gasteiger partial charge in [0.25, 0.3) is 11.8 Å². The molecule has 2 heterocycles. The molecule has 1 aromatic carbocycles. The number of carbonyl (C=O) groups is 2. The van der Waals surface area contributed by atoms with E-state index in [4.69, 9.17) is 17.3 Å². The van der Waals surface area contributed by atoms with Gasteiger partial charge in [0.1, 0.15) is 11.5 Å². The van der Waals surface area contributed by atoms with Crippen LogP contribution in [-0.2, 0) is 0 Å². The summed E-state index contributed by atoms with van der Waals surface area (Å²) < 4.78 is 1.51. The Morgan fingerprint density at radius 2 is 1.92 bits per heavy atom. The van der Waals surface area contributed by atoms with Crippen LogP contribution in [0.1, 0.15) is 26.8 Å². The lowest BCUT2D eigenvalue weighted by molar-refractivity contribution is 0.0992. The fourth-order valence-corrected chi connectivity index (χ4v) is 2.28. The second-order valence-corrected chi connectivity index (χ2v) is 5.53. The molecule has 3 rings (SSSR count). The molecule has 0 unspecified atom stereocenters. The minimum atomic E-state index is -0.598. The number of halogens is 1. The Hall–Kier alpha value is -3.26. The zero-order valence-electron chi connectivity index (χ0n) is 13.1. The summed E-state index contributed by atoms with van der Waals surface area (Å²) >= 11 is 5.96. The van der Waals surface area contributed by atoms with Gasteiger partial charge in [0, 0.05) is 11.9 Å². The summed E-state index contributed by atoms with van der Waals surface area (Å²) in [5, 5.41) is 6.95. The highest BCUT2D eigenvalue weighted by Crippen LogP contribution is 2.17. The SMILES string of the molecule is Cc1ncc(Cl)c(C(=O)Nc2ccc(-n3ccc(C(N)=O)n3)cc2)n1. The zero-order chi connectivity index (χ0) is 18.0. The van der Waals surface area contributed by atoms with E-state index in [2.05, 4.69) is 20.4 Å². The van der Waals surface area contributed by atoms with Gasteiger partial charge in [-0.15, -0.1) is 0 Å². The smallest absolute Gasteiger partial charge is 0.275 e. The summed E-state index contributed by atoms with van der Waals surface area (Å²) in [6.45, 7) is 1.67. The number of nitrogens with two attached hydrogens (primary N) is 1. The summed E-state index contributed by atoms with van der Waals surface area (Å²) in [5.74, 6) is -0.577. The molecule has 2 aromatic heterocycles. The van der Waals surface area contributed by atoms with E-state index in [1.165, 1.54) is 16.9 Å². The third-order valence-electron chi connectivity index (χ3n) is 3.31. The lowest BCUT2D eigenvalue weighted by Gasteiger charge is -2.07. The van der Waals surface area contributed by atoms with Crippen molar-refractivity contribution in [3.8, 4) is 5.69 Å². The van der Waals surface area contributed by atoms with Crippen molar-refractivity contribution >= 4 is 29.1 Å². The maximum atomic E-state index is 12.3. The average Bonchev–Trinajstić information content (AvgIpc) is 3.08. The third kappa shape index (κ3) is 3.64. The Balaban J connectivity index is 1.77. The van der Waals surface area contributed by atoms with E-state index in [9.17, 15) is 9.59 Å². The first-order valence-corrected chi connectivity index (χ1v) is 7.58. The number of benzene rings is 1. The van der Waals surface area contributed by atoms with Gasteiger partial charge >= 0.3 is 0 Å². The number of carbonyl (C=O) groups excluding carboxylic acids is 2. The van der Waals surface area contributed by atoms with Gasteiger partial charge in [-0.25, -0.2) is 14.6 Å². The number of aromatic nitrogens is 4. The number of hydrogen-bond donors (Lipinski definition) is 2. The number of hydrogen-bond acceptors (Lipinski definition) is 5. The van der Waals surface area contributed by atoms with Crippen LogP contribution >= 0.6 is 11.6 Å². The number of nitrogens with one attached hydrogen (secondary N) is 1. The molecule has 0 bridgehead atoms. The Morgan fingerprint density at radius 1 is 1.20 bits per heavy atom. The van der Waals surface area contributed by atoms with Crippen molar-refractivity contribution in [1.29, 1.82) is 0 Å². The van der Waals surface area contributed by atoms with Crippen LogP contribution in [0, 0.1) is 6.92 Å². The molecule has 8 nitrogen and oxygen atoms in total. The molecule has 0 aliphatic heterocycles. The van der Waals surface area contributed by atoms with Crippen LogP contribution in [0.5, 0.6) is 0 Å². The number of primary amides is 1. The average molecular weight is 357 g/mol. The minimum absolute atomic E-state index is 0.108. The molecule has 0 saturated heterocycles. The van der Waals surface area contributed by atoms with E-state index >= 15 is 0 Å². The van der Waals surface area contributed by atoms with Crippen LogP contribution in [0.25, 0.3) is 5.69 Å². The summed E-state index contributed by atoms with van der Waals surface area (Å²) in [4.78, 5) is 31.3. The lowest BCUT2D eigenvalue weighted by atomic mass is 10.2. The lowest BCUT2D eigenvalue weighted by Crippen LogP contribution is -2.15. The molecule has 126 valence electrons. The monoisotopic (exact) mass is 356 g/mol. The van der Waals surface area contributed by atoms with Crippen molar-refractivity contribution in [3.05, 3.63) is 65.0 Å². The molecule has 0 aliphatic rings. The Morgan fingerprint density at radius 3 is 2.56 bits per heavy atom. The van der Waals surface area contributed by atoms with E-state index in [0.29, 0.717) is 17.2 Å². The predicted molar refractivity (Wildman–Crippen MR) is 91.8 cm³/mol. The van der Waals surface area contributed by atoms with E-state index in [1.54, 1.807) is 37.4 Å². The van der Waals surface area contributed by atoms with E-state index < -0.39 is 11.8 Å². The van der Waals surface area contributed by atoms with Crippen molar-refractivity contribution in [3.63, 3.8) is 0 Å². The highest BCUT2D eigenvalue weighted by Gasteiger charge is 2.13. The van der Waals surface area contributed by atoms with Crippen molar-refractivity contribution in [2.75, 3.05) is 5.32 Å². The number of rotatable bonds is 4. The van der Waals surface area contributed by atoms with E-state index in [1.807, 2.05) is 0 Å². The van der Waals surface area contributed by atoms with E-state index in [-0.39, 0.29) is 16.4 Å². The van der Waals surface area contributed by atoms with Gasteiger partial charge in [0.05, 0.1) is 16.9 Å². The molecule has 25 heavy (non-hydrogen) atoms. The summed E-state index contributed by atoms with van der Waals surface area (Å²) in [6, 6.07) is 8.39. The van der Waals surface area contributed by atoms with Crippen molar-refractivity contribution in [2.24, 2.45) is 5.73 Å².